The number of methoxy groups -OCH3 is 1. The molecule has 6 nitrogen and oxygen atoms in total. The Morgan fingerprint density at radius 3 is 2.92 bits per heavy atom. The molecule has 1 aromatic carbocycles. The van der Waals surface area contributed by atoms with Gasteiger partial charge in [-0.1, -0.05) is 6.92 Å². The van der Waals surface area contributed by atoms with E-state index >= 15 is 0 Å². The lowest BCUT2D eigenvalue weighted by Gasteiger charge is -2.37. The fourth-order valence-electron chi connectivity index (χ4n) is 3.23. The summed E-state index contributed by atoms with van der Waals surface area (Å²) >= 11 is 0. The van der Waals surface area contributed by atoms with Crippen molar-refractivity contribution in [2.75, 3.05) is 25.5 Å². The van der Waals surface area contributed by atoms with Crippen molar-refractivity contribution >= 4 is 11.7 Å². The van der Waals surface area contributed by atoms with Crippen LogP contribution >= 0.6 is 0 Å². The number of rotatable bonds is 3. The van der Waals surface area contributed by atoms with Crippen LogP contribution in [0.2, 0.25) is 0 Å². The van der Waals surface area contributed by atoms with Crippen molar-refractivity contribution in [3.8, 4) is 5.75 Å². The third-order valence-corrected chi connectivity index (χ3v) is 4.85. The van der Waals surface area contributed by atoms with Crippen LogP contribution in [0.5, 0.6) is 5.75 Å². The summed E-state index contributed by atoms with van der Waals surface area (Å²) in [6, 6.07) is 2.85. The van der Waals surface area contributed by atoms with E-state index in [0.717, 1.165) is 12.0 Å². The van der Waals surface area contributed by atoms with Crippen LogP contribution in [0, 0.1) is 18.7 Å². The predicted octanol–water partition coefficient (Wildman–Crippen LogP) is 3.45. The zero-order chi connectivity index (χ0) is 18.0. The van der Waals surface area contributed by atoms with E-state index < -0.39 is 5.82 Å². The molecule has 1 aromatic heterocycles. The van der Waals surface area contributed by atoms with E-state index in [1.54, 1.807) is 23.5 Å². The fraction of sp³-hybridized carbons (Fsp3) is 0.444. The van der Waals surface area contributed by atoms with Crippen LogP contribution in [0.15, 0.2) is 30.9 Å². The maximum Gasteiger partial charge on any atom is 0.321 e. The molecule has 0 radical (unpaired) electrons. The number of urea groups is 1. The second-order valence-corrected chi connectivity index (χ2v) is 6.52. The predicted molar refractivity (Wildman–Crippen MR) is 93.3 cm³/mol. The summed E-state index contributed by atoms with van der Waals surface area (Å²) < 4.78 is 20.9. The van der Waals surface area contributed by atoms with Crippen LogP contribution < -0.4 is 10.1 Å². The van der Waals surface area contributed by atoms with Gasteiger partial charge in [-0.3, -0.25) is 0 Å². The Morgan fingerprint density at radius 2 is 2.24 bits per heavy atom. The smallest absolute Gasteiger partial charge is 0.321 e. The Kier molecular flexibility index (Phi) is 4.92. The minimum atomic E-state index is -0.494. The number of aromatic nitrogens is 2. The van der Waals surface area contributed by atoms with E-state index in [4.69, 9.17) is 4.74 Å². The highest BCUT2D eigenvalue weighted by Gasteiger charge is 2.30. The van der Waals surface area contributed by atoms with Gasteiger partial charge in [0.05, 0.1) is 19.5 Å². The maximum atomic E-state index is 13.9. The summed E-state index contributed by atoms with van der Waals surface area (Å²) in [6.45, 7) is 5.27. The summed E-state index contributed by atoms with van der Waals surface area (Å²) in [6.07, 6.45) is 6.36. The van der Waals surface area contributed by atoms with Crippen molar-refractivity contribution in [3.05, 3.63) is 42.2 Å². The van der Waals surface area contributed by atoms with Gasteiger partial charge < -0.3 is 19.5 Å². The topological polar surface area (TPSA) is 59.4 Å². The number of hydrogen-bond acceptors (Lipinski definition) is 3. The molecule has 3 rings (SSSR count). The number of carbonyl (C=O) groups is 1. The molecular weight excluding hydrogens is 323 g/mol. The van der Waals surface area contributed by atoms with Crippen LogP contribution in [-0.2, 0) is 0 Å². The van der Waals surface area contributed by atoms with Crippen LogP contribution in [0.1, 0.15) is 24.9 Å². The molecule has 2 amide bonds. The third kappa shape index (κ3) is 3.60. The highest BCUT2D eigenvalue weighted by Crippen LogP contribution is 2.29. The average molecular weight is 346 g/mol. The largest absolute Gasteiger partial charge is 0.494 e. The Hall–Kier alpha value is -2.57. The van der Waals surface area contributed by atoms with E-state index in [1.165, 1.54) is 13.2 Å². The number of carbonyl (C=O) groups excluding carboxylic acids is 1. The number of likely N-dealkylation sites (tertiary alicyclic amines) is 1. The number of piperidine rings is 1. The minimum absolute atomic E-state index is 0.169. The van der Waals surface area contributed by atoms with Crippen molar-refractivity contribution in [2.24, 2.45) is 5.92 Å². The van der Waals surface area contributed by atoms with Crippen LogP contribution in [0.25, 0.3) is 0 Å². The monoisotopic (exact) mass is 346 g/mol. The molecule has 0 unspecified atom stereocenters. The standard InChI is InChI=1S/C18H23FN4O2/c1-12-4-6-22(10-16(12)23-7-5-20-11-23)18(24)21-15-9-14(19)17(25-3)8-13(15)2/h5,7-9,11-12,16H,4,6,10H2,1-3H3,(H,21,24)/t12-,16+/m1/s1. The molecular formula is C18H23FN4O2. The van der Waals surface area contributed by atoms with Gasteiger partial charge in [-0.05, 0) is 30.9 Å². The van der Waals surface area contributed by atoms with Crippen molar-refractivity contribution in [1.29, 1.82) is 0 Å². The first-order valence-corrected chi connectivity index (χ1v) is 8.37. The molecule has 1 fully saturated rings. The minimum Gasteiger partial charge on any atom is -0.494 e. The number of anilines is 1. The molecule has 1 aliphatic rings. The first kappa shape index (κ1) is 17.3. The zero-order valence-corrected chi connectivity index (χ0v) is 14.7. The van der Waals surface area contributed by atoms with Gasteiger partial charge in [-0.25, -0.2) is 14.2 Å². The quantitative estimate of drug-likeness (QED) is 0.926. The molecule has 1 aliphatic heterocycles. The van der Waals surface area contributed by atoms with Crippen LogP contribution in [-0.4, -0.2) is 40.7 Å². The van der Waals surface area contributed by atoms with Gasteiger partial charge in [-0.15, -0.1) is 0 Å². The molecule has 1 saturated heterocycles. The summed E-state index contributed by atoms with van der Waals surface area (Å²) in [5, 5.41) is 2.82. The van der Waals surface area contributed by atoms with Gasteiger partial charge in [0.15, 0.2) is 11.6 Å². The molecule has 0 bridgehead atoms. The number of aryl methyl sites for hydroxylation is 1. The van der Waals surface area contributed by atoms with E-state index in [9.17, 15) is 9.18 Å². The number of amides is 2. The Labute approximate surface area is 146 Å². The van der Waals surface area contributed by atoms with Crippen LogP contribution in [0.3, 0.4) is 0 Å². The third-order valence-electron chi connectivity index (χ3n) is 4.85. The summed E-state index contributed by atoms with van der Waals surface area (Å²) in [4.78, 5) is 18.5. The SMILES string of the molecule is COc1cc(C)c(NC(=O)N2CC[C@@H](C)[C@@H](n3ccnc3)C2)cc1F. The number of hydrogen-bond donors (Lipinski definition) is 1. The Balaban J connectivity index is 1.72. The molecule has 134 valence electrons. The molecule has 2 atom stereocenters. The molecule has 0 aliphatic carbocycles. The number of imidazole rings is 1. The van der Waals surface area contributed by atoms with Crippen molar-refractivity contribution in [2.45, 2.75) is 26.3 Å². The Morgan fingerprint density at radius 1 is 1.44 bits per heavy atom. The average Bonchev–Trinajstić information content (AvgIpc) is 3.12. The van der Waals surface area contributed by atoms with Gasteiger partial charge >= 0.3 is 6.03 Å². The van der Waals surface area contributed by atoms with Gasteiger partial charge in [0.2, 0.25) is 0 Å². The molecule has 2 heterocycles. The lowest BCUT2D eigenvalue weighted by molar-refractivity contribution is 0.149. The van der Waals surface area contributed by atoms with Gasteiger partial charge in [0.25, 0.3) is 0 Å². The highest BCUT2D eigenvalue weighted by molar-refractivity contribution is 5.90. The molecule has 25 heavy (non-hydrogen) atoms. The number of ether oxygens (including phenoxy) is 1. The maximum absolute atomic E-state index is 13.9. The van der Waals surface area contributed by atoms with Gasteiger partial charge in [-0.2, -0.15) is 0 Å². The van der Waals surface area contributed by atoms with E-state index in [-0.39, 0.29) is 17.8 Å². The molecule has 2 aromatic rings. The molecule has 0 spiro atoms. The lowest BCUT2D eigenvalue weighted by atomic mass is 9.93. The first-order chi connectivity index (χ1) is 12.0. The number of nitrogens with zero attached hydrogens (tertiary/aromatic N) is 3. The summed E-state index contributed by atoms with van der Waals surface area (Å²) in [7, 11) is 1.42. The highest BCUT2D eigenvalue weighted by atomic mass is 19.1. The fourth-order valence-corrected chi connectivity index (χ4v) is 3.23. The summed E-state index contributed by atoms with van der Waals surface area (Å²) in [5.41, 5.74) is 1.21. The second kappa shape index (κ2) is 7.13. The van der Waals surface area contributed by atoms with E-state index in [1.807, 2.05) is 17.7 Å². The van der Waals surface area contributed by atoms with Crippen molar-refractivity contribution in [3.63, 3.8) is 0 Å². The Bertz CT molecular complexity index is 748. The van der Waals surface area contributed by atoms with Crippen molar-refractivity contribution in [1.82, 2.24) is 14.5 Å². The number of nitrogens with one attached hydrogen (secondary N) is 1. The lowest BCUT2D eigenvalue weighted by Crippen LogP contribution is -2.45. The second-order valence-electron chi connectivity index (χ2n) is 6.52. The summed E-state index contributed by atoms with van der Waals surface area (Å²) in [5.74, 6) is 0.132. The van der Waals surface area contributed by atoms with E-state index in [0.29, 0.717) is 24.7 Å². The zero-order valence-electron chi connectivity index (χ0n) is 14.7. The number of halogens is 1. The molecule has 1 N–H and O–H groups in total. The van der Waals surface area contributed by atoms with E-state index in [2.05, 4.69) is 17.2 Å². The first-order valence-electron chi connectivity index (χ1n) is 8.37. The van der Waals surface area contributed by atoms with Crippen molar-refractivity contribution < 1.29 is 13.9 Å². The normalized spacial score (nSPS) is 20.4. The molecule has 0 saturated carbocycles. The van der Waals surface area contributed by atoms with Gasteiger partial charge in [0, 0.05) is 37.2 Å². The number of benzene rings is 1. The van der Waals surface area contributed by atoms with Crippen LogP contribution in [0.4, 0.5) is 14.9 Å². The van der Waals surface area contributed by atoms with Gasteiger partial charge in [0.1, 0.15) is 0 Å². The molecule has 7 heteroatoms.